The van der Waals surface area contributed by atoms with Crippen molar-refractivity contribution in [3.05, 3.63) is 64.8 Å². The third-order valence-corrected chi connectivity index (χ3v) is 4.60. The molecule has 3 amide bonds. The number of imide groups is 1. The van der Waals surface area contributed by atoms with Crippen molar-refractivity contribution >= 4 is 40.6 Å². The van der Waals surface area contributed by atoms with Crippen molar-refractivity contribution in [3.63, 3.8) is 0 Å². The molecule has 0 spiro atoms. The lowest BCUT2D eigenvalue weighted by molar-refractivity contribution is -0.127. The van der Waals surface area contributed by atoms with Crippen LogP contribution >= 0.6 is 11.8 Å². The number of hydrogen-bond donors (Lipinski definition) is 1. The van der Waals surface area contributed by atoms with E-state index < -0.39 is 29.4 Å². The van der Waals surface area contributed by atoms with Crippen LogP contribution in [0, 0.1) is 5.82 Å². The van der Waals surface area contributed by atoms with Gasteiger partial charge in [-0.05, 0) is 59.8 Å². The van der Waals surface area contributed by atoms with Crippen LogP contribution in [0.3, 0.4) is 0 Å². The quantitative estimate of drug-likeness (QED) is 0.796. The van der Waals surface area contributed by atoms with Crippen LogP contribution in [0.5, 0.6) is 5.75 Å². The first-order chi connectivity index (χ1) is 13.0. The number of thioether (sulfide) groups is 1. The summed E-state index contributed by atoms with van der Waals surface area (Å²) in [5, 5.41) is 2.07. The zero-order valence-corrected chi connectivity index (χ0v) is 15.1. The summed E-state index contributed by atoms with van der Waals surface area (Å²) in [5.74, 6) is -0.892. The van der Waals surface area contributed by atoms with Crippen LogP contribution in [-0.4, -0.2) is 35.6 Å². The lowest BCUT2D eigenvalue weighted by Gasteiger charge is -2.12. The van der Waals surface area contributed by atoms with E-state index in [0.717, 1.165) is 4.90 Å². The van der Waals surface area contributed by atoms with Crippen LogP contribution in [0.2, 0.25) is 0 Å². The van der Waals surface area contributed by atoms with E-state index in [4.69, 9.17) is 4.74 Å². The Balaban J connectivity index is 1.67. The van der Waals surface area contributed by atoms with Crippen molar-refractivity contribution in [2.45, 2.75) is 0 Å². The summed E-state index contributed by atoms with van der Waals surface area (Å²) in [6.45, 7) is -0.406. The van der Waals surface area contributed by atoms with Gasteiger partial charge in [-0.25, -0.2) is 4.39 Å². The summed E-state index contributed by atoms with van der Waals surface area (Å²) in [5.41, 5.74) is 0.978. The fourth-order valence-electron chi connectivity index (χ4n) is 2.40. The van der Waals surface area contributed by atoms with E-state index in [0.29, 0.717) is 28.8 Å². The second kappa shape index (κ2) is 8.05. The Labute approximate surface area is 159 Å². The van der Waals surface area contributed by atoms with E-state index in [2.05, 4.69) is 5.32 Å². The number of nitrogens with zero attached hydrogens (tertiary/aromatic N) is 1. The van der Waals surface area contributed by atoms with Gasteiger partial charge in [-0.2, -0.15) is 0 Å². The fourth-order valence-corrected chi connectivity index (χ4v) is 3.24. The lowest BCUT2D eigenvalue weighted by atomic mass is 10.2. The molecule has 0 aliphatic carbocycles. The van der Waals surface area contributed by atoms with Gasteiger partial charge in [0.15, 0.2) is 0 Å². The van der Waals surface area contributed by atoms with Gasteiger partial charge in [0, 0.05) is 5.69 Å². The van der Waals surface area contributed by atoms with Crippen molar-refractivity contribution in [1.29, 1.82) is 0 Å². The number of nitrogens with one attached hydrogen (secondary N) is 1. The van der Waals surface area contributed by atoms with Crippen molar-refractivity contribution < 1.29 is 23.5 Å². The molecule has 1 saturated heterocycles. The predicted octanol–water partition coefficient (Wildman–Crippen LogP) is 3.51. The maximum Gasteiger partial charge on any atom is 0.294 e. The highest BCUT2D eigenvalue weighted by Gasteiger charge is 2.36. The van der Waals surface area contributed by atoms with Crippen LogP contribution in [0.25, 0.3) is 6.08 Å². The molecule has 0 atom stereocenters. The average molecular weight is 386 g/mol. The van der Waals surface area contributed by atoms with Crippen LogP contribution in [0.1, 0.15) is 5.56 Å². The fraction of sp³-hybridized carbons (Fsp3) is 0.105. The molecule has 6 nitrogen and oxygen atoms in total. The molecule has 1 aliphatic rings. The molecule has 1 aliphatic heterocycles. The van der Waals surface area contributed by atoms with E-state index in [1.165, 1.54) is 31.4 Å². The number of halogens is 1. The Morgan fingerprint density at radius 2 is 1.96 bits per heavy atom. The number of methoxy groups -OCH3 is 1. The van der Waals surface area contributed by atoms with Crippen LogP contribution in [-0.2, 0) is 9.59 Å². The number of anilines is 1. The molecule has 0 aromatic heterocycles. The van der Waals surface area contributed by atoms with Gasteiger partial charge in [-0.1, -0.05) is 12.1 Å². The van der Waals surface area contributed by atoms with Crippen LogP contribution < -0.4 is 10.1 Å². The molecule has 1 fully saturated rings. The molecule has 3 rings (SSSR count). The molecule has 2 aromatic rings. The highest BCUT2D eigenvalue weighted by molar-refractivity contribution is 8.18. The van der Waals surface area contributed by atoms with Crippen molar-refractivity contribution in [3.8, 4) is 5.75 Å². The predicted molar refractivity (Wildman–Crippen MR) is 101 cm³/mol. The SMILES string of the molecule is COc1ccc(NC(=O)CN2C(=O)S/C(=C/c3cccc(F)c3)C2=O)cc1. The summed E-state index contributed by atoms with van der Waals surface area (Å²) in [6.07, 6.45) is 1.43. The minimum Gasteiger partial charge on any atom is -0.497 e. The Hall–Kier alpha value is -3.13. The molecule has 8 heteroatoms. The molecule has 0 saturated carbocycles. The Kier molecular flexibility index (Phi) is 5.56. The van der Waals surface area contributed by atoms with Gasteiger partial charge in [0.05, 0.1) is 12.0 Å². The monoisotopic (exact) mass is 386 g/mol. The number of amides is 3. The Morgan fingerprint density at radius 3 is 2.63 bits per heavy atom. The highest BCUT2D eigenvalue weighted by Crippen LogP contribution is 2.32. The molecular formula is C19H15FN2O4S. The molecule has 2 aromatic carbocycles. The topological polar surface area (TPSA) is 75.7 Å². The summed E-state index contributed by atoms with van der Waals surface area (Å²) in [6, 6.07) is 12.3. The van der Waals surface area contributed by atoms with Gasteiger partial charge >= 0.3 is 0 Å². The molecule has 27 heavy (non-hydrogen) atoms. The largest absolute Gasteiger partial charge is 0.497 e. The normalized spacial score (nSPS) is 15.3. The minimum atomic E-state index is -0.584. The number of rotatable bonds is 5. The summed E-state index contributed by atoms with van der Waals surface area (Å²) in [7, 11) is 1.53. The van der Waals surface area contributed by atoms with Gasteiger partial charge < -0.3 is 10.1 Å². The number of benzene rings is 2. The van der Waals surface area contributed by atoms with E-state index in [1.807, 2.05) is 0 Å². The maximum absolute atomic E-state index is 13.3. The number of carbonyl (C=O) groups excluding carboxylic acids is 3. The smallest absolute Gasteiger partial charge is 0.294 e. The number of hydrogen-bond acceptors (Lipinski definition) is 5. The molecule has 1 heterocycles. The van der Waals surface area contributed by atoms with Crippen molar-refractivity contribution in [1.82, 2.24) is 4.90 Å². The Morgan fingerprint density at radius 1 is 1.22 bits per heavy atom. The van der Waals surface area contributed by atoms with Gasteiger partial charge in [-0.3, -0.25) is 19.3 Å². The number of carbonyl (C=O) groups is 3. The maximum atomic E-state index is 13.3. The summed E-state index contributed by atoms with van der Waals surface area (Å²) < 4.78 is 18.3. The van der Waals surface area contributed by atoms with E-state index in [1.54, 1.807) is 30.3 Å². The number of ether oxygens (including phenoxy) is 1. The lowest BCUT2D eigenvalue weighted by Crippen LogP contribution is -2.36. The van der Waals surface area contributed by atoms with Gasteiger partial charge in [-0.15, -0.1) is 0 Å². The van der Waals surface area contributed by atoms with E-state index in [-0.39, 0.29) is 4.91 Å². The first-order valence-electron chi connectivity index (χ1n) is 7.91. The molecule has 0 unspecified atom stereocenters. The third kappa shape index (κ3) is 4.53. The molecule has 0 radical (unpaired) electrons. The van der Waals surface area contributed by atoms with E-state index >= 15 is 0 Å². The van der Waals surface area contributed by atoms with Crippen LogP contribution in [0.15, 0.2) is 53.4 Å². The molecule has 1 N–H and O–H groups in total. The van der Waals surface area contributed by atoms with Gasteiger partial charge in [0.2, 0.25) is 5.91 Å². The molecule has 0 bridgehead atoms. The minimum absolute atomic E-state index is 0.142. The first-order valence-corrected chi connectivity index (χ1v) is 8.73. The zero-order chi connectivity index (χ0) is 19.4. The summed E-state index contributed by atoms with van der Waals surface area (Å²) in [4.78, 5) is 37.6. The summed E-state index contributed by atoms with van der Waals surface area (Å²) >= 11 is 0.715. The highest BCUT2D eigenvalue weighted by atomic mass is 32.2. The van der Waals surface area contributed by atoms with E-state index in [9.17, 15) is 18.8 Å². The van der Waals surface area contributed by atoms with Gasteiger partial charge in [0.25, 0.3) is 11.1 Å². The average Bonchev–Trinajstić information content (AvgIpc) is 2.90. The van der Waals surface area contributed by atoms with Crippen LogP contribution in [0.4, 0.5) is 14.9 Å². The van der Waals surface area contributed by atoms with Gasteiger partial charge in [0.1, 0.15) is 18.1 Å². The van der Waals surface area contributed by atoms with Crippen molar-refractivity contribution in [2.75, 3.05) is 19.0 Å². The molecular weight excluding hydrogens is 371 g/mol. The molecule has 138 valence electrons. The van der Waals surface area contributed by atoms with Crippen molar-refractivity contribution in [2.24, 2.45) is 0 Å². The standard InChI is InChI=1S/C19H15FN2O4S/c1-26-15-7-5-14(6-8-15)21-17(23)11-22-18(24)16(27-19(22)25)10-12-3-2-4-13(20)9-12/h2-10H,11H2,1H3,(H,21,23)/b16-10+. The first kappa shape index (κ1) is 18.7. The third-order valence-electron chi connectivity index (χ3n) is 3.70. The Bertz CT molecular complexity index is 928. The zero-order valence-electron chi connectivity index (χ0n) is 14.3. The second-order valence-electron chi connectivity index (χ2n) is 5.60. The second-order valence-corrected chi connectivity index (χ2v) is 6.59.